The van der Waals surface area contributed by atoms with Crippen LogP contribution in [0.1, 0.15) is 48.0 Å². The van der Waals surface area contributed by atoms with Crippen LogP contribution >= 0.6 is 0 Å². The van der Waals surface area contributed by atoms with E-state index in [2.05, 4.69) is 46.7 Å². The average molecular weight is 207 g/mol. The fourth-order valence-electron chi connectivity index (χ4n) is 3.99. The number of nitrogens with zero attached hydrogens (tertiary/aromatic N) is 1. The van der Waals surface area contributed by atoms with E-state index in [0.29, 0.717) is 0 Å². The summed E-state index contributed by atoms with van der Waals surface area (Å²) in [6, 6.07) is 0. The van der Waals surface area contributed by atoms with Crippen molar-refractivity contribution >= 4 is 5.71 Å². The summed E-state index contributed by atoms with van der Waals surface area (Å²) in [5.74, 6) is 0. The van der Waals surface area contributed by atoms with Crippen LogP contribution < -0.4 is 0 Å². The first-order valence-electron chi connectivity index (χ1n) is 5.63. The highest BCUT2D eigenvalue weighted by atomic mass is 16.4. The number of hydrogen-bond donors (Lipinski definition) is 1. The van der Waals surface area contributed by atoms with E-state index in [1.54, 1.807) is 0 Å². The maximum absolute atomic E-state index is 9.14. The van der Waals surface area contributed by atoms with Gasteiger partial charge in [-0.3, -0.25) is 0 Å². The molecule has 15 heavy (non-hydrogen) atoms. The van der Waals surface area contributed by atoms with Gasteiger partial charge in [-0.2, -0.15) is 0 Å². The quantitative estimate of drug-likeness (QED) is 0.367. The van der Waals surface area contributed by atoms with E-state index in [1.165, 1.54) is 11.1 Å². The van der Waals surface area contributed by atoms with Gasteiger partial charge in [0.1, 0.15) is 0 Å². The van der Waals surface area contributed by atoms with Crippen molar-refractivity contribution in [2.75, 3.05) is 0 Å². The van der Waals surface area contributed by atoms with Crippen molar-refractivity contribution in [1.29, 1.82) is 0 Å². The van der Waals surface area contributed by atoms with Gasteiger partial charge >= 0.3 is 0 Å². The topological polar surface area (TPSA) is 32.6 Å². The molecule has 2 aliphatic carbocycles. The number of allylic oxidation sites excluding steroid dienone is 2. The molecule has 1 saturated carbocycles. The summed E-state index contributed by atoms with van der Waals surface area (Å²) in [7, 11) is 0. The predicted molar refractivity (Wildman–Crippen MR) is 62.2 cm³/mol. The van der Waals surface area contributed by atoms with Crippen LogP contribution in [0.25, 0.3) is 0 Å². The maximum Gasteiger partial charge on any atom is 0.0644 e. The standard InChI is InChI=1S/C13H21NO/c1-8-9(2)13(6)11(3,4)10(14-15)7-12(8,13)5/h15H,7H2,1-6H3/b14-10+. The zero-order chi connectivity index (χ0) is 11.6. The maximum atomic E-state index is 9.14. The molecule has 2 aliphatic rings. The molecule has 2 atom stereocenters. The van der Waals surface area contributed by atoms with E-state index in [-0.39, 0.29) is 16.2 Å². The minimum Gasteiger partial charge on any atom is -0.411 e. The summed E-state index contributed by atoms with van der Waals surface area (Å²) in [6.07, 6.45) is 0.899. The van der Waals surface area contributed by atoms with Gasteiger partial charge in [0.15, 0.2) is 0 Å². The molecular weight excluding hydrogens is 186 g/mol. The number of oxime groups is 1. The highest BCUT2D eigenvalue weighted by Gasteiger charge is 2.69. The molecular formula is C13H21NO. The lowest BCUT2D eigenvalue weighted by Gasteiger charge is -2.58. The summed E-state index contributed by atoms with van der Waals surface area (Å²) >= 11 is 0. The third kappa shape index (κ3) is 0.777. The summed E-state index contributed by atoms with van der Waals surface area (Å²) in [5, 5.41) is 12.7. The van der Waals surface area contributed by atoms with Gasteiger partial charge in [-0.15, -0.1) is 0 Å². The molecule has 0 aliphatic heterocycles. The Balaban J connectivity index is 2.65. The van der Waals surface area contributed by atoms with Crippen LogP contribution in [0.15, 0.2) is 16.3 Å². The van der Waals surface area contributed by atoms with E-state index in [4.69, 9.17) is 5.21 Å². The van der Waals surface area contributed by atoms with Gasteiger partial charge in [-0.05, 0) is 20.3 Å². The van der Waals surface area contributed by atoms with E-state index in [0.717, 1.165) is 12.1 Å². The smallest absolute Gasteiger partial charge is 0.0644 e. The van der Waals surface area contributed by atoms with Crippen LogP contribution in [-0.2, 0) is 0 Å². The second-order valence-corrected chi connectivity index (χ2v) is 6.06. The molecule has 0 spiro atoms. The Hall–Kier alpha value is -0.790. The lowest BCUT2D eigenvalue weighted by molar-refractivity contribution is 0.0559. The summed E-state index contributed by atoms with van der Waals surface area (Å²) in [6.45, 7) is 13.4. The molecule has 1 N–H and O–H groups in total. The molecule has 0 aromatic carbocycles. The van der Waals surface area contributed by atoms with Gasteiger partial charge in [0.2, 0.25) is 0 Å². The second kappa shape index (κ2) is 2.47. The molecule has 1 fully saturated rings. The summed E-state index contributed by atoms with van der Waals surface area (Å²) in [5.41, 5.74) is 4.24. The Bertz CT molecular complexity index is 385. The molecule has 0 bridgehead atoms. The predicted octanol–water partition coefficient (Wildman–Crippen LogP) is 3.61. The van der Waals surface area contributed by atoms with E-state index in [1.807, 2.05) is 0 Å². The van der Waals surface area contributed by atoms with E-state index < -0.39 is 0 Å². The van der Waals surface area contributed by atoms with Gasteiger partial charge in [0, 0.05) is 16.2 Å². The third-order valence-electron chi connectivity index (χ3n) is 5.86. The van der Waals surface area contributed by atoms with Crippen LogP contribution in [0.2, 0.25) is 0 Å². The van der Waals surface area contributed by atoms with Crippen LogP contribution in [0.4, 0.5) is 0 Å². The van der Waals surface area contributed by atoms with E-state index in [9.17, 15) is 0 Å². The number of fused-ring (bicyclic) bond motifs is 1. The lowest BCUT2D eigenvalue weighted by atomic mass is 9.45. The molecule has 0 amide bonds. The Morgan fingerprint density at radius 2 is 1.60 bits per heavy atom. The highest BCUT2D eigenvalue weighted by Crippen LogP contribution is 2.74. The molecule has 2 heteroatoms. The van der Waals surface area contributed by atoms with Gasteiger partial charge in [-0.1, -0.05) is 44.0 Å². The fraction of sp³-hybridized carbons (Fsp3) is 0.769. The van der Waals surface area contributed by atoms with Crippen LogP contribution in [0.3, 0.4) is 0 Å². The summed E-state index contributed by atoms with van der Waals surface area (Å²) < 4.78 is 0. The Morgan fingerprint density at radius 3 is 2.00 bits per heavy atom. The van der Waals surface area contributed by atoms with Crippen molar-refractivity contribution in [3.63, 3.8) is 0 Å². The van der Waals surface area contributed by atoms with E-state index >= 15 is 0 Å². The minimum absolute atomic E-state index is 0.0277. The molecule has 2 unspecified atom stereocenters. The van der Waals surface area contributed by atoms with Crippen molar-refractivity contribution < 1.29 is 5.21 Å². The average Bonchev–Trinajstić information content (AvgIpc) is 2.34. The first-order valence-corrected chi connectivity index (χ1v) is 5.63. The van der Waals surface area contributed by atoms with Crippen LogP contribution in [0.5, 0.6) is 0 Å². The molecule has 2 nitrogen and oxygen atoms in total. The zero-order valence-corrected chi connectivity index (χ0v) is 10.6. The second-order valence-electron chi connectivity index (χ2n) is 6.06. The molecule has 0 aromatic heterocycles. The summed E-state index contributed by atoms with van der Waals surface area (Å²) in [4.78, 5) is 0. The van der Waals surface area contributed by atoms with Crippen molar-refractivity contribution in [2.24, 2.45) is 21.4 Å². The largest absolute Gasteiger partial charge is 0.411 e. The van der Waals surface area contributed by atoms with Crippen LogP contribution in [-0.4, -0.2) is 10.9 Å². The first kappa shape index (κ1) is 10.7. The molecule has 0 aromatic rings. The van der Waals surface area contributed by atoms with Gasteiger partial charge in [0.05, 0.1) is 5.71 Å². The Kier molecular flexibility index (Phi) is 1.77. The Morgan fingerprint density at radius 1 is 1.07 bits per heavy atom. The first-order chi connectivity index (χ1) is 6.73. The van der Waals surface area contributed by atoms with Gasteiger partial charge < -0.3 is 5.21 Å². The monoisotopic (exact) mass is 207 g/mol. The van der Waals surface area contributed by atoms with Gasteiger partial charge in [0.25, 0.3) is 0 Å². The highest BCUT2D eigenvalue weighted by molar-refractivity contribution is 5.96. The van der Waals surface area contributed by atoms with Crippen molar-refractivity contribution in [2.45, 2.75) is 48.0 Å². The lowest BCUT2D eigenvalue weighted by Crippen LogP contribution is -2.51. The Labute approximate surface area is 92.1 Å². The molecule has 84 valence electrons. The number of rotatable bonds is 0. The third-order valence-corrected chi connectivity index (χ3v) is 5.86. The fourth-order valence-corrected chi connectivity index (χ4v) is 3.99. The van der Waals surface area contributed by atoms with Crippen molar-refractivity contribution in [3.05, 3.63) is 11.1 Å². The SMILES string of the molecule is CC1=C(C)C2(C)C1(C)C/C(=N\O)C2(C)C. The molecule has 0 saturated heterocycles. The molecule has 0 radical (unpaired) electrons. The van der Waals surface area contributed by atoms with Crippen molar-refractivity contribution in [3.8, 4) is 0 Å². The molecule has 2 rings (SSSR count). The normalized spacial score (nSPS) is 45.6. The minimum atomic E-state index is -0.0277. The van der Waals surface area contributed by atoms with Gasteiger partial charge in [-0.25, -0.2) is 0 Å². The zero-order valence-electron chi connectivity index (χ0n) is 10.6. The van der Waals surface area contributed by atoms with Crippen molar-refractivity contribution in [1.82, 2.24) is 0 Å². The number of hydrogen-bond acceptors (Lipinski definition) is 2. The van der Waals surface area contributed by atoms with Crippen LogP contribution in [0, 0.1) is 16.2 Å². The molecule has 0 heterocycles.